The zero-order chi connectivity index (χ0) is 14.9. The molecule has 1 fully saturated rings. The first-order valence-corrected chi connectivity index (χ1v) is 6.45. The maximum absolute atomic E-state index is 12.5. The van der Waals surface area contributed by atoms with E-state index < -0.39 is 23.4 Å². The van der Waals surface area contributed by atoms with Crippen molar-refractivity contribution in [3.05, 3.63) is 5.01 Å². The minimum atomic E-state index is -4.58. The highest BCUT2D eigenvalue weighted by atomic mass is 32.1. The highest BCUT2D eigenvalue weighted by Crippen LogP contribution is 2.35. The molecule has 1 aromatic rings. The number of nitrogens with zero attached hydrogens (tertiary/aromatic N) is 4. The number of halogens is 3. The highest BCUT2D eigenvalue weighted by molar-refractivity contribution is 7.15. The number of hydrogen-bond acceptors (Lipinski definition) is 6. The first kappa shape index (κ1) is 14.9. The lowest BCUT2D eigenvalue weighted by atomic mass is 10.4. The van der Waals surface area contributed by atoms with Gasteiger partial charge in [0.2, 0.25) is 10.1 Å². The molecule has 112 valence electrons. The van der Waals surface area contributed by atoms with E-state index >= 15 is 0 Å². The van der Waals surface area contributed by atoms with Gasteiger partial charge in [0.1, 0.15) is 6.17 Å². The molecule has 1 atom stereocenters. The Labute approximate surface area is 116 Å². The van der Waals surface area contributed by atoms with E-state index in [1.807, 2.05) is 0 Å². The van der Waals surface area contributed by atoms with E-state index in [1.54, 1.807) is 0 Å². The van der Waals surface area contributed by atoms with Crippen molar-refractivity contribution < 1.29 is 23.1 Å². The zero-order valence-electron chi connectivity index (χ0n) is 10.4. The Morgan fingerprint density at radius 2 is 2.20 bits per heavy atom. The molecule has 0 aromatic carbocycles. The van der Waals surface area contributed by atoms with E-state index in [4.69, 9.17) is 5.11 Å². The van der Waals surface area contributed by atoms with Crippen LogP contribution in [-0.4, -0.2) is 59.1 Å². The van der Waals surface area contributed by atoms with E-state index in [0.29, 0.717) is 11.3 Å². The van der Waals surface area contributed by atoms with Crippen molar-refractivity contribution >= 4 is 22.5 Å². The summed E-state index contributed by atoms with van der Waals surface area (Å²) in [5, 5.41) is 16.9. The fraction of sp³-hybridized carbons (Fsp3) is 0.667. The Morgan fingerprint density at radius 3 is 2.75 bits per heavy atom. The van der Waals surface area contributed by atoms with Gasteiger partial charge in [0.05, 0.1) is 13.2 Å². The smallest absolute Gasteiger partial charge is 0.395 e. The maximum Gasteiger partial charge on any atom is 0.445 e. The highest BCUT2D eigenvalue weighted by Gasteiger charge is 2.41. The number of rotatable bonds is 4. The average Bonchev–Trinajstić information content (AvgIpc) is 2.93. The Hall–Kier alpha value is -1.46. The van der Waals surface area contributed by atoms with Gasteiger partial charge < -0.3 is 10.0 Å². The van der Waals surface area contributed by atoms with Crippen LogP contribution >= 0.6 is 11.3 Å². The quantitative estimate of drug-likeness (QED) is 0.838. The molecule has 2 rings (SSSR count). The van der Waals surface area contributed by atoms with Gasteiger partial charge in [0.15, 0.2) is 0 Å². The van der Waals surface area contributed by atoms with Crippen LogP contribution in [0.5, 0.6) is 0 Å². The molecule has 1 aromatic heterocycles. The Kier molecular flexibility index (Phi) is 4.11. The lowest BCUT2D eigenvalue weighted by molar-refractivity contribution is -0.138. The summed E-state index contributed by atoms with van der Waals surface area (Å²) in [6.07, 6.45) is -5.13. The summed E-state index contributed by atoms with van der Waals surface area (Å²) in [7, 11) is 1.53. The third-order valence-electron chi connectivity index (χ3n) is 2.65. The third kappa shape index (κ3) is 2.83. The topological polar surface area (TPSA) is 81.6 Å². The van der Waals surface area contributed by atoms with Gasteiger partial charge in [-0.2, -0.15) is 13.2 Å². The second-order valence-electron chi connectivity index (χ2n) is 4.11. The Morgan fingerprint density at radius 1 is 1.50 bits per heavy atom. The summed E-state index contributed by atoms with van der Waals surface area (Å²) in [6, 6.07) is -0.467. The number of nitrogens with one attached hydrogen (secondary N) is 1. The lowest BCUT2D eigenvalue weighted by Gasteiger charge is -2.20. The summed E-state index contributed by atoms with van der Waals surface area (Å²) in [4.78, 5) is 14.4. The number of aliphatic hydroxyl groups excluding tert-OH is 1. The van der Waals surface area contributed by atoms with Crippen molar-refractivity contribution in [2.24, 2.45) is 0 Å². The van der Waals surface area contributed by atoms with Crippen LogP contribution in [0, 0.1) is 0 Å². The number of aromatic nitrogens is 2. The summed E-state index contributed by atoms with van der Waals surface area (Å²) in [5.74, 6) is 0. The number of hydrogen-bond donors (Lipinski definition) is 2. The molecule has 2 N–H and O–H groups in total. The molecule has 0 saturated carbocycles. The van der Waals surface area contributed by atoms with Gasteiger partial charge in [-0.3, -0.25) is 10.2 Å². The molecule has 2 heterocycles. The summed E-state index contributed by atoms with van der Waals surface area (Å²) >= 11 is 0.309. The molecule has 7 nitrogen and oxygen atoms in total. The number of likely N-dealkylation sites (N-methyl/N-ethyl adjacent to an activating group) is 1. The molecule has 2 amide bonds. The van der Waals surface area contributed by atoms with Crippen molar-refractivity contribution in [3.63, 3.8) is 0 Å². The zero-order valence-corrected chi connectivity index (χ0v) is 11.2. The van der Waals surface area contributed by atoms with Crippen LogP contribution < -0.4 is 10.2 Å². The predicted octanol–water partition coefficient (Wildman–Crippen LogP) is 0.337. The van der Waals surface area contributed by atoms with E-state index in [-0.39, 0.29) is 24.8 Å². The van der Waals surface area contributed by atoms with Crippen LogP contribution in [0.15, 0.2) is 0 Å². The summed E-state index contributed by atoms with van der Waals surface area (Å²) in [6.45, 7) is 0.346. The van der Waals surface area contributed by atoms with E-state index in [1.165, 1.54) is 11.9 Å². The number of anilines is 1. The molecule has 1 saturated heterocycles. The van der Waals surface area contributed by atoms with Gasteiger partial charge in [-0.05, 0) is 0 Å². The SMILES string of the molecule is CN1CC(NCCO)N(c2nnc(C(F)(F)F)s2)C1=O. The second kappa shape index (κ2) is 5.50. The number of amides is 2. The van der Waals surface area contributed by atoms with Crippen LogP contribution in [0.4, 0.5) is 23.1 Å². The van der Waals surface area contributed by atoms with Gasteiger partial charge in [-0.1, -0.05) is 11.3 Å². The van der Waals surface area contributed by atoms with Crippen molar-refractivity contribution in [1.82, 2.24) is 20.4 Å². The number of aliphatic hydroxyl groups is 1. The van der Waals surface area contributed by atoms with Crippen LogP contribution in [0.2, 0.25) is 0 Å². The molecular formula is C9H12F3N5O2S. The normalized spacial score (nSPS) is 20.1. The first-order valence-electron chi connectivity index (χ1n) is 5.64. The van der Waals surface area contributed by atoms with Crippen molar-refractivity contribution in [2.75, 3.05) is 31.6 Å². The summed E-state index contributed by atoms with van der Waals surface area (Å²) in [5.41, 5.74) is 0. The van der Waals surface area contributed by atoms with Crippen LogP contribution in [0.3, 0.4) is 0 Å². The van der Waals surface area contributed by atoms with Gasteiger partial charge in [0, 0.05) is 13.6 Å². The predicted molar refractivity (Wildman–Crippen MR) is 64.3 cm³/mol. The molecule has 0 aliphatic carbocycles. The molecule has 1 aliphatic rings. The maximum atomic E-state index is 12.5. The Bertz CT molecular complexity index is 494. The molecule has 11 heteroatoms. The third-order valence-corrected chi connectivity index (χ3v) is 3.61. The molecule has 0 radical (unpaired) electrons. The molecule has 1 unspecified atom stereocenters. The van der Waals surface area contributed by atoms with E-state index in [2.05, 4.69) is 15.5 Å². The van der Waals surface area contributed by atoms with Crippen LogP contribution in [-0.2, 0) is 6.18 Å². The van der Waals surface area contributed by atoms with E-state index in [0.717, 1.165) is 4.90 Å². The Balaban J connectivity index is 2.23. The van der Waals surface area contributed by atoms with Gasteiger partial charge in [-0.25, -0.2) is 4.79 Å². The summed E-state index contributed by atoms with van der Waals surface area (Å²) < 4.78 is 37.5. The molecule has 0 spiro atoms. The van der Waals surface area contributed by atoms with E-state index in [9.17, 15) is 18.0 Å². The fourth-order valence-electron chi connectivity index (χ4n) is 1.77. The average molecular weight is 311 g/mol. The minimum Gasteiger partial charge on any atom is -0.395 e. The lowest BCUT2D eigenvalue weighted by Crippen LogP contribution is -2.45. The second-order valence-corrected chi connectivity index (χ2v) is 5.07. The van der Waals surface area contributed by atoms with Crippen LogP contribution in [0.25, 0.3) is 0 Å². The van der Waals surface area contributed by atoms with Crippen LogP contribution in [0.1, 0.15) is 5.01 Å². The molecule has 1 aliphatic heterocycles. The molecule has 20 heavy (non-hydrogen) atoms. The first-order chi connectivity index (χ1) is 9.34. The van der Waals surface area contributed by atoms with Crippen molar-refractivity contribution in [1.29, 1.82) is 0 Å². The largest absolute Gasteiger partial charge is 0.445 e. The number of alkyl halides is 3. The van der Waals surface area contributed by atoms with Gasteiger partial charge in [0.25, 0.3) is 0 Å². The standard InChI is InChI=1S/C9H12F3N5O2S/c1-16-4-5(13-2-3-18)17(8(16)19)7-15-14-6(20-7)9(10,11)12/h5,13,18H,2-4H2,1H3. The van der Waals surface area contributed by atoms with Gasteiger partial charge in [-0.15, -0.1) is 10.2 Å². The number of carbonyl (C=O) groups excluding carboxylic acids is 1. The van der Waals surface area contributed by atoms with Gasteiger partial charge >= 0.3 is 12.2 Å². The number of carbonyl (C=O) groups is 1. The monoisotopic (exact) mass is 311 g/mol. The van der Waals surface area contributed by atoms with Crippen molar-refractivity contribution in [3.8, 4) is 0 Å². The molecular weight excluding hydrogens is 299 g/mol. The molecule has 0 bridgehead atoms. The fourth-order valence-corrected chi connectivity index (χ4v) is 2.52. The minimum absolute atomic E-state index is 0.123. The van der Waals surface area contributed by atoms with Crippen molar-refractivity contribution in [2.45, 2.75) is 12.3 Å². The number of urea groups is 1.